The monoisotopic (exact) mass is 431 g/mol. The van der Waals surface area contributed by atoms with Crippen LogP contribution < -0.4 is 10.6 Å². The van der Waals surface area contributed by atoms with E-state index in [-0.39, 0.29) is 42.2 Å². The zero-order valence-corrected chi connectivity index (χ0v) is 19.1. The third-order valence-corrected chi connectivity index (χ3v) is 6.40. The van der Waals surface area contributed by atoms with E-state index in [4.69, 9.17) is 10.5 Å². The number of carbonyl (C=O) groups excluding carboxylic acids is 1. The molecule has 1 aliphatic heterocycles. The fourth-order valence-corrected chi connectivity index (χ4v) is 4.38. The minimum absolute atomic E-state index is 0. The summed E-state index contributed by atoms with van der Waals surface area (Å²) in [5.41, 5.74) is 7.80. The molecule has 0 spiro atoms. The van der Waals surface area contributed by atoms with Crippen LogP contribution in [-0.4, -0.2) is 49.2 Å². The van der Waals surface area contributed by atoms with Crippen molar-refractivity contribution in [2.24, 2.45) is 11.1 Å². The smallest absolute Gasteiger partial charge is 0.243 e. The molecule has 1 heterocycles. The van der Waals surface area contributed by atoms with Crippen molar-refractivity contribution in [3.63, 3.8) is 0 Å². The maximum absolute atomic E-state index is 13.2. The van der Waals surface area contributed by atoms with Gasteiger partial charge in [0.1, 0.15) is 5.54 Å². The van der Waals surface area contributed by atoms with Gasteiger partial charge in [0.2, 0.25) is 5.91 Å². The van der Waals surface area contributed by atoms with Crippen molar-refractivity contribution in [1.82, 2.24) is 4.90 Å². The lowest BCUT2D eigenvalue weighted by atomic mass is 9.54. The second-order valence-electron chi connectivity index (χ2n) is 8.33. The molecule has 28 heavy (non-hydrogen) atoms. The molecule has 1 saturated heterocycles. The number of benzene rings is 1. The first-order valence-corrected chi connectivity index (χ1v) is 9.80. The maximum atomic E-state index is 13.2. The molecule has 2 N–H and O–H groups in total. The van der Waals surface area contributed by atoms with Crippen molar-refractivity contribution in [3.8, 4) is 0 Å². The van der Waals surface area contributed by atoms with Crippen molar-refractivity contribution in [1.29, 1.82) is 0 Å². The summed E-state index contributed by atoms with van der Waals surface area (Å²) in [6.45, 7) is 9.49. The van der Waals surface area contributed by atoms with Gasteiger partial charge >= 0.3 is 0 Å². The number of rotatable bonds is 6. The fraction of sp³-hybridized carbons (Fsp3) is 0.667. The first kappa shape index (κ1) is 25.0. The lowest BCUT2D eigenvalue weighted by molar-refractivity contribution is -0.178. The summed E-state index contributed by atoms with van der Waals surface area (Å²) in [5, 5.41) is 0. The van der Waals surface area contributed by atoms with Crippen molar-refractivity contribution in [2.75, 3.05) is 31.6 Å². The highest BCUT2D eigenvalue weighted by Gasteiger charge is 2.63. The summed E-state index contributed by atoms with van der Waals surface area (Å²) in [6, 6.07) is 8.40. The number of anilines is 1. The normalized spacial score (nSPS) is 25.3. The van der Waals surface area contributed by atoms with Gasteiger partial charge in [0.05, 0.1) is 6.10 Å². The first-order valence-electron chi connectivity index (χ1n) is 9.80. The van der Waals surface area contributed by atoms with E-state index in [0.29, 0.717) is 19.6 Å². The Morgan fingerprint density at radius 2 is 1.86 bits per heavy atom. The van der Waals surface area contributed by atoms with Crippen molar-refractivity contribution in [2.45, 2.75) is 58.2 Å². The second kappa shape index (κ2) is 9.66. The first-order chi connectivity index (χ1) is 12.3. The second-order valence-corrected chi connectivity index (χ2v) is 8.33. The van der Waals surface area contributed by atoms with Crippen LogP contribution in [0.1, 0.15) is 45.6 Å². The number of carbonyl (C=O) groups is 1. The standard InChI is InChI=1S/C21H33N3O2.2ClH/c1-5-26-18-14-21(22,20(18,2)3)19(25)23(4)15-16-10-6-7-11-17(16)24-12-8-9-13-24;;/h6-7,10-11,18H,5,8-9,12-15,22H2,1-4H3;2*1H. The number of amides is 1. The van der Waals surface area contributed by atoms with Crippen LogP contribution in [0.2, 0.25) is 0 Å². The van der Waals surface area contributed by atoms with E-state index < -0.39 is 5.54 Å². The average Bonchev–Trinajstić information content (AvgIpc) is 3.15. The molecule has 2 fully saturated rings. The van der Waals surface area contributed by atoms with Gasteiger partial charge in [-0.1, -0.05) is 32.0 Å². The Morgan fingerprint density at radius 1 is 1.25 bits per heavy atom. The zero-order chi connectivity index (χ0) is 18.9. The Bertz CT molecular complexity index is 665. The Balaban J connectivity index is 0.00000196. The van der Waals surface area contributed by atoms with Gasteiger partial charge in [-0.15, -0.1) is 24.8 Å². The quantitative estimate of drug-likeness (QED) is 0.746. The molecule has 5 nitrogen and oxygen atoms in total. The number of likely N-dealkylation sites (N-methyl/N-ethyl adjacent to an activating group) is 1. The predicted octanol–water partition coefficient (Wildman–Crippen LogP) is 3.62. The van der Waals surface area contributed by atoms with E-state index in [1.165, 1.54) is 24.1 Å². The Hall–Kier alpha value is -1.01. The number of nitrogens with zero attached hydrogens (tertiary/aromatic N) is 2. The van der Waals surface area contributed by atoms with Crippen molar-refractivity contribution < 1.29 is 9.53 Å². The third-order valence-electron chi connectivity index (χ3n) is 6.40. The van der Waals surface area contributed by atoms with Gasteiger partial charge in [-0.05, 0) is 31.4 Å². The largest absolute Gasteiger partial charge is 0.378 e. The minimum Gasteiger partial charge on any atom is -0.378 e. The molecule has 1 aromatic carbocycles. The molecule has 2 aliphatic rings. The highest BCUT2D eigenvalue weighted by atomic mass is 35.5. The van der Waals surface area contributed by atoms with Gasteiger partial charge in [-0.2, -0.15) is 0 Å². The van der Waals surface area contributed by atoms with Crippen LogP contribution in [0, 0.1) is 5.41 Å². The molecule has 1 aromatic rings. The molecule has 0 bridgehead atoms. The molecular weight excluding hydrogens is 397 g/mol. The predicted molar refractivity (Wildman–Crippen MR) is 120 cm³/mol. The van der Waals surface area contributed by atoms with E-state index in [2.05, 4.69) is 23.1 Å². The highest BCUT2D eigenvalue weighted by molar-refractivity contribution is 5.88. The van der Waals surface area contributed by atoms with Crippen molar-refractivity contribution in [3.05, 3.63) is 29.8 Å². The Morgan fingerprint density at radius 3 is 2.43 bits per heavy atom. The Kier molecular flexibility index (Phi) is 8.63. The van der Waals surface area contributed by atoms with Crippen LogP contribution in [0.4, 0.5) is 5.69 Å². The van der Waals surface area contributed by atoms with E-state index in [9.17, 15) is 4.79 Å². The van der Waals surface area contributed by atoms with Crippen LogP contribution in [0.25, 0.3) is 0 Å². The summed E-state index contributed by atoms with van der Waals surface area (Å²) in [7, 11) is 1.86. The highest BCUT2D eigenvalue weighted by Crippen LogP contribution is 2.50. The summed E-state index contributed by atoms with van der Waals surface area (Å²) < 4.78 is 5.77. The average molecular weight is 432 g/mol. The summed E-state index contributed by atoms with van der Waals surface area (Å²) in [6.07, 6.45) is 3.11. The molecule has 3 rings (SSSR count). The minimum atomic E-state index is -0.857. The molecule has 160 valence electrons. The van der Waals surface area contributed by atoms with Crippen LogP contribution >= 0.6 is 24.8 Å². The van der Waals surface area contributed by atoms with Crippen LogP contribution in [0.3, 0.4) is 0 Å². The topological polar surface area (TPSA) is 58.8 Å². The van der Waals surface area contributed by atoms with E-state index >= 15 is 0 Å². The summed E-state index contributed by atoms with van der Waals surface area (Å²) in [5.74, 6) is 0.00896. The third kappa shape index (κ3) is 4.28. The van der Waals surface area contributed by atoms with Gasteiger partial charge in [-0.25, -0.2) is 0 Å². The molecule has 0 aromatic heterocycles. The van der Waals surface area contributed by atoms with Gasteiger partial charge in [-0.3, -0.25) is 4.79 Å². The van der Waals surface area contributed by atoms with Gasteiger partial charge in [0, 0.05) is 50.8 Å². The molecule has 1 saturated carbocycles. The van der Waals surface area contributed by atoms with Crippen molar-refractivity contribution >= 4 is 36.4 Å². The van der Waals surface area contributed by atoms with Gasteiger partial charge in [0.15, 0.2) is 0 Å². The Labute approximate surface area is 181 Å². The lowest BCUT2D eigenvalue weighted by Crippen LogP contribution is -2.75. The van der Waals surface area contributed by atoms with E-state index in [1.54, 1.807) is 4.90 Å². The molecule has 1 aliphatic carbocycles. The summed E-state index contributed by atoms with van der Waals surface area (Å²) >= 11 is 0. The number of hydrogen-bond donors (Lipinski definition) is 1. The number of ether oxygens (including phenoxy) is 1. The number of nitrogens with two attached hydrogens (primary N) is 1. The molecular formula is C21H35Cl2N3O2. The molecule has 7 heteroatoms. The lowest BCUT2D eigenvalue weighted by Gasteiger charge is -2.58. The van der Waals surface area contributed by atoms with Crippen LogP contribution in [0.5, 0.6) is 0 Å². The van der Waals surface area contributed by atoms with Crippen LogP contribution in [0.15, 0.2) is 24.3 Å². The number of hydrogen-bond acceptors (Lipinski definition) is 4. The van der Waals surface area contributed by atoms with Gasteiger partial charge in [0.25, 0.3) is 0 Å². The zero-order valence-electron chi connectivity index (χ0n) is 17.4. The summed E-state index contributed by atoms with van der Waals surface area (Å²) in [4.78, 5) is 17.4. The van der Waals surface area contributed by atoms with Crippen LogP contribution in [-0.2, 0) is 16.1 Å². The maximum Gasteiger partial charge on any atom is 0.243 e. The molecule has 2 unspecified atom stereocenters. The van der Waals surface area contributed by atoms with E-state index in [0.717, 1.165) is 13.1 Å². The fourth-order valence-electron chi connectivity index (χ4n) is 4.38. The number of para-hydroxylation sites is 1. The molecule has 2 atom stereocenters. The van der Waals surface area contributed by atoms with Gasteiger partial charge < -0.3 is 20.3 Å². The number of halogens is 2. The molecule has 1 amide bonds. The SMILES string of the molecule is CCOC1CC(N)(C(=O)N(C)Cc2ccccc2N2CCCC2)C1(C)C.Cl.Cl. The van der Waals surface area contributed by atoms with E-state index in [1.807, 2.05) is 33.9 Å². The molecule has 0 radical (unpaired) electrons.